The van der Waals surface area contributed by atoms with Crippen LogP contribution in [0.5, 0.6) is 0 Å². The summed E-state index contributed by atoms with van der Waals surface area (Å²) >= 11 is 3.32. The Kier molecular flexibility index (Phi) is 8.80. The van der Waals surface area contributed by atoms with E-state index in [0.717, 1.165) is 6.20 Å². The van der Waals surface area contributed by atoms with Crippen LogP contribution < -0.4 is 5.32 Å². The minimum absolute atomic E-state index is 0.0343. The van der Waals surface area contributed by atoms with Gasteiger partial charge in [-0.05, 0) is 24.6 Å². The van der Waals surface area contributed by atoms with Gasteiger partial charge in [-0.1, -0.05) is 22.0 Å². The molecule has 1 aromatic carbocycles. The van der Waals surface area contributed by atoms with Crippen LogP contribution in [0.3, 0.4) is 0 Å². The Morgan fingerprint density at radius 1 is 1.26 bits per heavy atom. The molecule has 202 valence electrons. The molecule has 38 heavy (non-hydrogen) atoms. The van der Waals surface area contributed by atoms with E-state index in [2.05, 4.69) is 31.2 Å². The summed E-state index contributed by atoms with van der Waals surface area (Å²) in [5.41, 5.74) is 0.431. The summed E-state index contributed by atoms with van der Waals surface area (Å²) in [6.45, 7) is 2.58. The first kappa shape index (κ1) is 27.7. The molecular weight excluding hydrogens is 573 g/mol. The van der Waals surface area contributed by atoms with Crippen LogP contribution >= 0.6 is 15.9 Å². The third-order valence-corrected chi connectivity index (χ3v) is 6.72. The molecule has 2 aliphatic heterocycles. The quantitative estimate of drug-likeness (QED) is 0.446. The zero-order valence-electron chi connectivity index (χ0n) is 20.2. The maximum absolute atomic E-state index is 14.8. The first-order valence-electron chi connectivity index (χ1n) is 11.7. The van der Waals surface area contributed by atoms with Gasteiger partial charge in [0, 0.05) is 35.4 Å². The molecule has 9 nitrogen and oxygen atoms in total. The number of halogens is 4. The molecule has 0 radical (unpaired) electrons. The number of carbonyl (C=O) groups is 2. The second-order valence-electron chi connectivity index (χ2n) is 8.56. The lowest BCUT2D eigenvalue weighted by atomic mass is 9.94. The number of pyridine rings is 1. The number of carbonyl (C=O) groups excluding carboxylic acids is 1. The Bertz CT molecular complexity index is 1310. The summed E-state index contributed by atoms with van der Waals surface area (Å²) in [5.74, 6) is -4.22. The molecule has 2 aliphatic rings. The molecule has 0 spiro atoms. The van der Waals surface area contributed by atoms with Crippen LogP contribution in [-0.4, -0.2) is 71.7 Å². The second-order valence-corrected chi connectivity index (χ2v) is 9.42. The van der Waals surface area contributed by atoms with E-state index in [1.807, 2.05) is 4.90 Å². The third kappa shape index (κ3) is 6.22. The molecule has 1 fully saturated rings. The van der Waals surface area contributed by atoms with Crippen molar-refractivity contribution < 1.29 is 37.3 Å². The number of esters is 1. The Hall–Kier alpha value is -3.29. The van der Waals surface area contributed by atoms with Crippen molar-refractivity contribution >= 4 is 33.7 Å². The highest BCUT2D eigenvalue weighted by atomic mass is 79.9. The number of morpholine rings is 1. The highest BCUT2D eigenvalue weighted by molar-refractivity contribution is 9.10. The van der Waals surface area contributed by atoms with Crippen LogP contribution in [-0.2, 0) is 19.1 Å². The van der Waals surface area contributed by atoms with Crippen molar-refractivity contribution in [3.05, 3.63) is 74.9 Å². The van der Waals surface area contributed by atoms with Gasteiger partial charge in [-0.2, -0.15) is 0 Å². The van der Waals surface area contributed by atoms with E-state index in [1.165, 1.54) is 18.2 Å². The van der Waals surface area contributed by atoms with Crippen molar-refractivity contribution in [2.45, 2.75) is 25.4 Å². The molecule has 2 aromatic rings. The molecular formula is C25H24BrF3N4O5. The average molecular weight is 597 g/mol. The van der Waals surface area contributed by atoms with Gasteiger partial charge in [0.2, 0.25) is 0 Å². The minimum Gasteiger partial charge on any atom is -0.481 e. The number of nitrogens with zero attached hydrogens (tertiary/aromatic N) is 3. The van der Waals surface area contributed by atoms with Crippen molar-refractivity contribution in [2.75, 3.05) is 32.9 Å². The third-order valence-electron chi connectivity index (χ3n) is 6.03. The van der Waals surface area contributed by atoms with Gasteiger partial charge in [-0.3, -0.25) is 14.7 Å². The van der Waals surface area contributed by atoms with Crippen LogP contribution in [0.1, 0.15) is 30.6 Å². The Labute approximate surface area is 224 Å². The van der Waals surface area contributed by atoms with E-state index in [1.54, 1.807) is 6.92 Å². The number of nitrogens with one attached hydrogen (secondary N) is 1. The first-order valence-corrected chi connectivity index (χ1v) is 12.5. The van der Waals surface area contributed by atoms with E-state index in [9.17, 15) is 27.9 Å². The maximum Gasteiger partial charge on any atom is 0.338 e. The first-order chi connectivity index (χ1) is 18.2. The summed E-state index contributed by atoms with van der Waals surface area (Å²) in [7, 11) is 0. The second kappa shape index (κ2) is 12.0. The fourth-order valence-electron chi connectivity index (χ4n) is 4.32. The van der Waals surface area contributed by atoms with Gasteiger partial charge in [-0.25, -0.2) is 22.9 Å². The zero-order valence-corrected chi connectivity index (χ0v) is 21.8. The van der Waals surface area contributed by atoms with Gasteiger partial charge >= 0.3 is 11.9 Å². The molecule has 0 aliphatic carbocycles. The van der Waals surface area contributed by atoms with Gasteiger partial charge in [-0.15, -0.1) is 0 Å². The minimum atomic E-state index is -1.08. The van der Waals surface area contributed by atoms with E-state index >= 15 is 0 Å². The monoisotopic (exact) mass is 596 g/mol. The summed E-state index contributed by atoms with van der Waals surface area (Å²) in [4.78, 5) is 34.9. The molecule has 0 bridgehead atoms. The number of aliphatic imine (C=N–C) groups is 1. The van der Waals surface area contributed by atoms with Crippen molar-refractivity contribution in [3.8, 4) is 0 Å². The molecule has 3 heterocycles. The van der Waals surface area contributed by atoms with Crippen molar-refractivity contribution in [1.82, 2.24) is 15.2 Å². The summed E-state index contributed by atoms with van der Waals surface area (Å²) < 4.78 is 53.4. The van der Waals surface area contributed by atoms with Crippen LogP contribution in [0.2, 0.25) is 0 Å². The lowest BCUT2D eigenvalue weighted by Crippen LogP contribution is -2.49. The molecule has 1 saturated heterocycles. The molecule has 2 N–H and O–H groups in total. The zero-order chi connectivity index (χ0) is 27.4. The SMILES string of the molecule is CCOC(=O)C1=C(CN2CCOCC2CC(=O)O)NC(c2ncc(F)cc2F)=NC1c1ccc(F)cc1Br. The summed E-state index contributed by atoms with van der Waals surface area (Å²) in [5, 5.41) is 12.3. The number of amidine groups is 1. The number of aromatic nitrogens is 1. The summed E-state index contributed by atoms with van der Waals surface area (Å²) in [6, 6.07) is 2.91. The van der Waals surface area contributed by atoms with Crippen LogP contribution in [0.15, 0.2) is 51.2 Å². The number of carboxylic acids is 1. The number of aliphatic carboxylic acids is 1. The molecule has 2 unspecified atom stereocenters. The van der Waals surface area contributed by atoms with E-state index in [4.69, 9.17) is 9.47 Å². The van der Waals surface area contributed by atoms with Crippen molar-refractivity contribution in [3.63, 3.8) is 0 Å². The van der Waals surface area contributed by atoms with E-state index < -0.39 is 41.5 Å². The molecule has 1 aromatic heterocycles. The number of hydrogen-bond donors (Lipinski definition) is 2. The highest BCUT2D eigenvalue weighted by Crippen LogP contribution is 2.37. The topological polar surface area (TPSA) is 113 Å². The number of benzene rings is 1. The van der Waals surface area contributed by atoms with E-state index in [-0.39, 0.29) is 49.0 Å². The largest absolute Gasteiger partial charge is 0.481 e. The molecule has 2 atom stereocenters. The Morgan fingerprint density at radius 2 is 2.05 bits per heavy atom. The lowest BCUT2D eigenvalue weighted by molar-refractivity contribution is -0.141. The van der Waals surface area contributed by atoms with E-state index in [0.29, 0.717) is 29.3 Å². The standard InChI is InChI=1S/C25H24BrF3N4O5/c1-2-38-25(36)21-19(11-33-5-6-37-12-15(33)9-20(34)35)31-24(23-18(29)8-14(28)10-30-23)32-22(21)16-4-3-13(27)7-17(16)26/h3-4,7-8,10,15,22H,2,5-6,9,11-12H2,1H3,(H,31,32)(H,34,35). The molecule has 4 rings (SSSR count). The molecule has 13 heteroatoms. The number of rotatable bonds is 8. The number of hydrogen-bond acceptors (Lipinski definition) is 8. The fraction of sp³-hybridized carbons (Fsp3) is 0.360. The summed E-state index contributed by atoms with van der Waals surface area (Å²) in [6.07, 6.45) is 0.630. The normalized spacial score (nSPS) is 20.1. The van der Waals surface area contributed by atoms with Crippen LogP contribution in [0, 0.1) is 17.5 Å². The lowest BCUT2D eigenvalue weighted by Gasteiger charge is -2.37. The fourth-order valence-corrected chi connectivity index (χ4v) is 4.88. The van der Waals surface area contributed by atoms with Crippen molar-refractivity contribution in [1.29, 1.82) is 0 Å². The highest BCUT2D eigenvalue weighted by Gasteiger charge is 2.36. The number of ether oxygens (including phenoxy) is 2. The van der Waals surface area contributed by atoms with Gasteiger partial charge in [0.15, 0.2) is 11.7 Å². The van der Waals surface area contributed by atoms with Crippen LogP contribution in [0.4, 0.5) is 13.2 Å². The Balaban J connectivity index is 1.86. The Morgan fingerprint density at radius 3 is 2.74 bits per heavy atom. The van der Waals surface area contributed by atoms with Crippen molar-refractivity contribution in [2.24, 2.45) is 4.99 Å². The molecule has 0 amide bonds. The predicted octanol–water partition coefficient (Wildman–Crippen LogP) is 3.35. The van der Waals surface area contributed by atoms with Gasteiger partial charge in [0.25, 0.3) is 0 Å². The molecule has 0 saturated carbocycles. The predicted molar refractivity (Wildman–Crippen MR) is 133 cm³/mol. The van der Waals surface area contributed by atoms with Gasteiger partial charge in [0.1, 0.15) is 23.4 Å². The van der Waals surface area contributed by atoms with Gasteiger partial charge < -0.3 is 19.9 Å². The van der Waals surface area contributed by atoms with Crippen LogP contribution in [0.25, 0.3) is 0 Å². The maximum atomic E-state index is 14.8. The number of carboxylic acid groups (broad SMARTS) is 1. The average Bonchev–Trinajstić information content (AvgIpc) is 2.84. The smallest absolute Gasteiger partial charge is 0.338 e. The van der Waals surface area contributed by atoms with Gasteiger partial charge in [0.05, 0.1) is 38.0 Å².